The van der Waals surface area contributed by atoms with E-state index in [0.29, 0.717) is 22.0 Å². The van der Waals surface area contributed by atoms with Crippen molar-refractivity contribution in [3.05, 3.63) is 70.2 Å². The van der Waals surface area contributed by atoms with Crippen LogP contribution < -0.4 is 10.6 Å². The predicted molar refractivity (Wildman–Crippen MR) is 112 cm³/mol. The van der Waals surface area contributed by atoms with Crippen molar-refractivity contribution in [2.24, 2.45) is 0 Å². The first-order valence-corrected chi connectivity index (χ1v) is 9.73. The fraction of sp³-hybridized carbons (Fsp3) is 0.105. The van der Waals surface area contributed by atoms with Crippen molar-refractivity contribution in [1.82, 2.24) is 20.1 Å². The SMILES string of the molecule is O=C(COC(=O)CNC(=O)c1ccc(Br)cc1)Nc1cc(Cl)ccc1-n1cncn1. The van der Waals surface area contributed by atoms with Gasteiger partial charge >= 0.3 is 5.97 Å². The number of amides is 2. The normalized spacial score (nSPS) is 10.3. The highest BCUT2D eigenvalue weighted by Gasteiger charge is 2.13. The van der Waals surface area contributed by atoms with Crippen LogP contribution in [0.15, 0.2) is 59.6 Å². The van der Waals surface area contributed by atoms with Crippen molar-refractivity contribution in [2.75, 3.05) is 18.5 Å². The van der Waals surface area contributed by atoms with Crippen LogP contribution >= 0.6 is 27.5 Å². The number of hydrogen-bond donors (Lipinski definition) is 2. The number of ether oxygens (including phenoxy) is 1. The van der Waals surface area contributed by atoms with Gasteiger partial charge in [0, 0.05) is 15.1 Å². The van der Waals surface area contributed by atoms with Gasteiger partial charge in [0.2, 0.25) is 0 Å². The number of carbonyl (C=O) groups is 3. The molecule has 0 aliphatic heterocycles. The second-order valence-corrected chi connectivity index (χ2v) is 7.25. The van der Waals surface area contributed by atoms with Gasteiger partial charge < -0.3 is 15.4 Å². The Morgan fingerprint density at radius 3 is 2.60 bits per heavy atom. The summed E-state index contributed by atoms with van der Waals surface area (Å²) in [6.07, 6.45) is 2.82. The lowest BCUT2D eigenvalue weighted by atomic mass is 10.2. The summed E-state index contributed by atoms with van der Waals surface area (Å²) in [5.74, 6) is -1.76. The molecular formula is C19H15BrClN5O4. The monoisotopic (exact) mass is 491 g/mol. The third-order valence-electron chi connectivity index (χ3n) is 3.76. The van der Waals surface area contributed by atoms with E-state index in [1.165, 1.54) is 23.4 Å². The molecule has 0 saturated carbocycles. The number of rotatable bonds is 7. The van der Waals surface area contributed by atoms with Crippen LogP contribution in [0.1, 0.15) is 10.4 Å². The van der Waals surface area contributed by atoms with Gasteiger partial charge in [0.15, 0.2) is 6.61 Å². The predicted octanol–water partition coefficient (Wildman–Crippen LogP) is 2.59. The Labute approximate surface area is 184 Å². The van der Waals surface area contributed by atoms with Crippen molar-refractivity contribution in [1.29, 1.82) is 0 Å². The second kappa shape index (κ2) is 9.99. The van der Waals surface area contributed by atoms with Gasteiger partial charge in [0.05, 0.1) is 11.4 Å². The molecule has 0 radical (unpaired) electrons. The van der Waals surface area contributed by atoms with Gasteiger partial charge in [-0.15, -0.1) is 0 Å². The van der Waals surface area contributed by atoms with Crippen LogP contribution in [0.2, 0.25) is 5.02 Å². The van der Waals surface area contributed by atoms with Gasteiger partial charge in [-0.2, -0.15) is 5.10 Å². The minimum atomic E-state index is -0.752. The molecule has 1 aromatic heterocycles. The highest BCUT2D eigenvalue weighted by Crippen LogP contribution is 2.23. The zero-order chi connectivity index (χ0) is 21.5. The number of nitrogens with one attached hydrogen (secondary N) is 2. The molecule has 1 heterocycles. The Morgan fingerprint density at radius 1 is 1.13 bits per heavy atom. The van der Waals surface area contributed by atoms with Crippen molar-refractivity contribution in [3.63, 3.8) is 0 Å². The lowest BCUT2D eigenvalue weighted by Crippen LogP contribution is -2.32. The third-order valence-corrected chi connectivity index (χ3v) is 4.53. The Bertz CT molecular complexity index is 1060. The minimum absolute atomic E-state index is 0.371. The van der Waals surface area contributed by atoms with E-state index in [9.17, 15) is 14.4 Å². The molecule has 0 fully saturated rings. The average molecular weight is 493 g/mol. The topological polar surface area (TPSA) is 115 Å². The lowest BCUT2D eigenvalue weighted by molar-refractivity contribution is -0.146. The van der Waals surface area contributed by atoms with Crippen molar-refractivity contribution >= 4 is 51.0 Å². The van der Waals surface area contributed by atoms with Crippen LogP contribution in [0.5, 0.6) is 0 Å². The van der Waals surface area contributed by atoms with E-state index in [4.69, 9.17) is 16.3 Å². The van der Waals surface area contributed by atoms with Gasteiger partial charge in [-0.05, 0) is 42.5 Å². The molecule has 11 heteroatoms. The number of nitrogens with zero attached hydrogens (tertiary/aromatic N) is 3. The number of benzene rings is 2. The van der Waals surface area contributed by atoms with Crippen molar-refractivity contribution in [2.45, 2.75) is 0 Å². The van der Waals surface area contributed by atoms with Crippen molar-refractivity contribution in [3.8, 4) is 5.69 Å². The molecule has 2 N–H and O–H groups in total. The first-order chi connectivity index (χ1) is 14.4. The Hall–Kier alpha value is -3.24. The number of esters is 1. The molecule has 3 aromatic rings. The molecule has 2 amide bonds. The second-order valence-electron chi connectivity index (χ2n) is 5.90. The summed E-state index contributed by atoms with van der Waals surface area (Å²) in [5.41, 5.74) is 1.31. The van der Waals surface area contributed by atoms with Crippen LogP contribution in [0.4, 0.5) is 5.69 Å². The Balaban J connectivity index is 1.50. The van der Waals surface area contributed by atoms with Gasteiger partial charge in [0.1, 0.15) is 19.2 Å². The number of carbonyl (C=O) groups excluding carboxylic acids is 3. The van der Waals surface area contributed by atoms with E-state index in [2.05, 4.69) is 36.6 Å². The van der Waals surface area contributed by atoms with Crippen LogP contribution in [0, 0.1) is 0 Å². The summed E-state index contributed by atoms with van der Waals surface area (Å²) < 4.78 is 7.19. The van der Waals surface area contributed by atoms with Crippen LogP contribution in [0.25, 0.3) is 5.69 Å². The number of halogens is 2. The summed E-state index contributed by atoms with van der Waals surface area (Å²) in [7, 11) is 0. The quantitative estimate of drug-likeness (QED) is 0.490. The van der Waals surface area contributed by atoms with E-state index >= 15 is 0 Å². The first kappa shape index (κ1) is 21.5. The first-order valence-electron chi connectivity index (χ1n) is 8.56. The molecule has 154 valence electrons. The number of aromatic nitrogens is 3. The van der Waals surface area contributed by atoms with E-state index < -0.39 is 24.4 Å². The summed E-state index contributed by atoms with van der Waals surface area (Å²) >= 11 is 9.27. The summed E-state index contributed by atoms with van der Waals surface area (Å²) in [5, 5.41) is 9.46. The van der Waals surface area contributed by atoms with E-state index in [1.807, 2.05) is 0 Å². The van der Waals surface area contributed by atoms with E-state index in [0.717, 1.165) is 4.47 Å². The van der Waals surface area contributed by atoms with Crippen molar-refractivity contribution < 1.29 is 19.1 Å². The maximum atomic E-state index is 12.2. The van der Waals surface area contributed by atoms with Crippen LogP contribution in [0.3, 0.4) is 0 Å². The largest absolute Gasteiger partial charge is 0.454 e. The molecule has 0 unspecified atom stereocenters. The fourth-order valence-electron chi connectivity index (χ4n) is 2.38. The highest BCUT2D eigenvalue weighted by atomic mass is 79.9. The smallest absolute Gasteiger partial charge is 0.325 e. The molecule has 0 bridgehead atoms. The summed E-state index contributed by atoms with van der Waals surface area (Å²) in [6.45, 7) is -0.903. The fourth-order valence-corrected chi connectivity index (χ4v) is 2.82. The molecule has 0 aliphatic rings. The third kappa shape index (κ3) is 5.88. The molecule has 0 atom stereocenters. The zero-order valence-corrected chi connectivity index (χ0v) is 17.7. The summed E-state index contributed by atoms with van der Waals surface area (Å²) in [4.78, 5) is 39.8. The highest BCUT2D eigenvalue weighted by molar-refractivity contribution is 9.10. The minimum Gasteiger partial charge on any atom is -0.454 e. The Kier molecular flexibility index (Phi) is 7.15. The van der Waals surface area contributed by atoms with Crippen LogP contribution in [-0.2, 0) is 14.3 Å². The van der Waals surface area contributed by atoms with Gasteiger partial charge in [-0.1, -0.05) is 27.5 Å². The van der Waals surface area contributed by atoms with E-state index in [1.54, 1.807) is 36.4 Å². The number of anilines is 1. The molecule has 2 aromatic carbocycles. The van der Waals surface area contributed by atoms with Gasteiger partial charge in [-0.25, -0.2) is 9.67 Å². The molecule has 30 heavy (non-hydrogen) atoms. The molecule has 0 spiro atoms. The zero-order valence-electron chi connectivity index (χ0n) is 15.3. The summed E-state index contributed by atoms with van der Waals surface area (Å²) in [6, 6.07) is 11.5. The van der Waals surface area contributed by atoms with Crippen LogP contribution in [-0.4, -0.2) is 45.7 Å². The number of hydrogen-bond acceptors (Lipinski definition) is 6. The molecule has 0 saturated heterocycles. The maximum Gasteiger partial charge on any atom is 0.325 e. The maximum absolute atomic E-state index is 12.2. The van der Waals surface area contributed by atoms with Gasteiger partial charge in [-0.3, -0.25) is 14.4 Å². The lowest BCUT2D eigenvalue weighted by Gasteiger charge is -2.12. The Morgan fingerprint density at radius 2 is 1.90 bits per heavy atom. The standard InChI is InChI=1S/C19H15BrClN5O4/c20-13-3-1-12(2-4-13)19(29)23-8-18(28)30-9-17(27)25-15-7-14(21)5-6-16(15)26-11-22-10-24-26/h1-7,10-11H,8-9H2,(H,23,29)(H,25,27). The molecule has 0 aliphatic carbocycles. The van der Waals surface area contributed by atoms with Gasteiger partial charge in [0.25, 0.3) is 11.8 Å². The molecular weight excluding hydrogens is 478 g/mol. The molecule has 3 rings (SSSR count). The van der Waals surface area contributed by atoms with E-state index in [-0.39, 0.29) is 6.54 Å². The average Bonchev–Trinajstić information content (AvgIpc) is 3.25. The molecule has 9 nitrogen and oxygen atoms in total.